The first-order valence-corrected chi connectivity index (χ1v) is 5.36. The smallest absolute Gasteiger partial charge is 0.207 e. The maximum atomic E-state index is 13.2. The lowest BCUT2D eigenvalue weighted by Gasteiger charge is -2.38. The average molecular weight is 267 g/mol. The second-order valence-corrected chi connectivity index (χ2v) is 3.99. The highest BCUT2D eigenvalue weighted by Crippen LogP contribution is 2.30. The first-order chi connectivity index (χ1) is 8.45. The number of benzene rings is 1. The molecule has 0 amide bonds. The Morgan fingerprint density at radius 3 is 1.83 bits per heavy atom. The summed E-state index contributed by atoms with van der Waals surface area (Å²) in [6, 6.07) is 0. The Labute approximate surface area is 100.0 Å². The van der Waals surface area contributed by atoms with Crippen molar-refractivity contribution in [2.75, 3.05) is 19.6 Å². The van der Waals surface area contributed by atoms with Gasteiger partial charge < -0.3 is 4.74 Å². The van der Waals surface area contributed by atoms with E-state index in [-0.39, 0.29) is 0 Å². The molecule has 7 heteroatoms. The maximum Gasteiger partial charge on any atom is 0.207 e. The summed E-state index contributed by atoms with van der Waals surface area (Å²) >= 11 is 0. The monoisotopic (exact) mass is 267 g/mol. The Kier molecular flexibility index (Phi) is 3.43. The molecule has 1 aromatic rings. The van der Waals surface area contributed by atoms with Crippen molar-refractivity contribution in [1.82, 2.24) is 4.90 Å². The molecule has 18 heavy (non-hydrogen) atoms. The third-order valence-electron chi connectivity index (χ3n) is 2.82. The van der Waals surface area contributed by atoms with Crippen LogP contribution < -0.4 is 4.74 Å². The van der Waals surface area contributed by atoms with Crippen LogP contribution in [-0.2, 0) is 0 Å². The van der Waals surface area contributed by atoms with Crippen LogP contribution in [-0.4, -0.2) is 30.6 Å². The number of likely N-dealkylation sites (tertiary alicyclic amines) is 1. The van der Waals surface area contributed by atoms with Crippen molar-refractivity contribution in [1.29, 1.82) is 0 Å². The number of halogens is 5. The summed E-state index contributed by atoms with van der Waals surface area (Å²) in [7, 11) is 0. The Morgan fingerprint density at radius 2 is 1.39 bits per heavy atom. The van der Waals surface area contributed by atoms with Gasteiger partial charge in [0, 0.05) is 13.1 Å². The van der Waals surface area contributed by atoms with E-state index in [1.807, 2.05) is 11.8 Å². The van der Waals surface area contributed by atoms with Crippen LogP contribution >= 0.6 is 0 Å². The van der Waals surface area contributed by atoms with Gasteiger partial charge in [0.1, 0.15) is 6.10 Å². The van der Waals surface area contributed by atoms with Gasteiger partial charge in [-0.15, -0.1) is 0 Å². The van der Waals surface area contributed by atoms with Gasteiger partial charge in [0.05, 0.1) is 0 Å². The number of hydrogen-bond donors (Lipinski definition) is 0. The summed E-state index contributed by atoms with van der Waals surface area (Å²) in [5.41, 5.74) is 0. The Morgan fingerprint density at radius 1 is 0.944 bits per heavy atom. The largest absolute Gasteiger partial charge is 0.481 e. The first kappa shape index (κ1) is 13.1. The highest BCUT2D eigenvalue weighted by Gasteiger charge is 2.32. The zero-order valence-electron chi connectivity index (χ0n) is 9.44. The lowest BCUT2D eigenvalue weighted by Crippen LogP contribution is -2.53. The molecule has 100 valence electrons. The molecule has 2 rings (SSSR count). The molecule has 2 nitrogen and oxygen atoms in total. The van der Waals surface area contributed by atoms with E-state index in [0.29, 0.717) is 13.1 Å². The molecular formula is C11H10F5NO. The highest BCUT2D eigenvalue weighted by atomic mass is 19.2. The van der Waals surface area contributed by atoms with Gasteiger partial charge in [-0.3, -0.25) is 4.90 Å². The fraction of sp³-hybridized carbons (Fsp3) is 0.455. The van der Waals surface area contributed by atoms with Crippen molar-refractivity contribution in [2.45, 2.75) is 13.0 Å². The van der Waals surface area contributed by atoms with E-state index >= 15 is 0 Å². The fourth-order valence-corrected chi connectivity index (χ4v) is 1.71. The normalized spacial score (nSPS) is 16.8. The molecule has 0 aromatic heterocycles. The Bertz CT molecular complexity index is 444. The summed E-state index contributed by atoms with van der Waals surface area (Å²) in [6.45, 7) is 3.41. The quantitative estimate of drug-likeness (QED) is 0.474. The maximum absolute atomic E-state index is 13.2. The van der Waals surface area contributed by atoms with Gasteiger partial charge in [0.25, 0.3) is 0 Å². The minimum Gasteiger partial charge on any atom is -0.481 e. The van der Waals surface area contributed by atoms with Crippen LogP contribution in [0.3, 0.4) is 0 Å². The summed E-state index contributed by atoms with van der Waals surface area (Å²) in [5.74, 6) is -11.2. The molecule has 1 heterocycles. The second kappa shape index (κ2) is 4.72. The summed E-state index contributed by atoms with van der Waals surface area (Å²) in [5, 5.41) is 0. The molecule has 1 aromatic carbocycles. The van der Waals surface area contributed by atoms with Crippen molar-refractivity contribution in [3.8, 4) is 5.75 Å². The number of nitrogens with zero attached hydrogens (tertiary/aromatic N) is 1. The van der Waals surface area contributed by atoms with E-state index in [1.54, 1.807) is 0 Å². The van der Waals surface area contributed by atoms with Crippen molar-refractivity contribution in [3.63, 3.8) is 0 Å². The average Bonchev–Trinajstić information content (AvgIpc) is 2.32. The predicted octanol–water partition coefficient (Wildman–Crippen LogP) is 2.47. The van der Waals surface area contributed by atoms with Gasteiger partial charge in [0.15, 0.2) is 5.75 Å². The molecule has 0 N–H and O–H groups in total. The number of hydrogen-bond acceptors (Lipinski definition) is 2. The predicted molar refractivity (Wildman–Crippen MR) is 52.8 cm³/mol. The van der Waals surface area contributed by atoms with Gasteiger partial charge >= 0.3 is 0 Å². The van der Waals surface area contributed by atoms with E-state index < -0.39 is 40.9 Å². The Hall–Kier alpha value is -1.37. The van der Waals surface area contributed by atoms with Crippen LogP contribution in [0.5, 0.6) is 5.75 Å². The van der Waals surface area contributed by atoms with Crippen LogP contribution in [0.15, 0.2) is 0 Å². The van der Waals surface area contributed by atoms with Crippen LogP contribution in [0.2, 0.25) is 0 Å². The van der Waals surface area contributed by atoms with Gasteiger partial charge in [-0.1, -0.05) is 6.92 Å². The third-order valence-corrected chi connectivity index (χ3v) is 2.82. The van der Waals surface area contributed by atoms with E-state index in [0.717, 1.165) is 6.54 Å². The highest BCUT2D eigenvalue weighted by molar-refractivity contribution is 5.30. The third kappa shape index (κ3) is 2.03. The van der Waals surface area contributed by atoms with Crippen LogP contribution in [0, 0.1) is 29.1 Å². The topological polar surface area (TPSA) is 12.5 Å². The lowest BCUT2D eigenvalue weighted by atomic mass is 10.1. The molecule has 0 saturated carbocycles. The second-order valence-electron chi connectivity index (χ2n) is 3.99. The molecule has 0 atom stereocenters. The van der Waals surface area contributed by atoms with E-state index in [2.05, 4.69) is 0 Å². The van der Waals surface area contributed by atoms with Crippen LogP contribution in [0.25, 0.3) is 0 Å². The zero-order chi connectivity index (χ0) is 13.4. The summed E-state index contributed by atoms with van der Waals surface area (Å²) < 4.78 is 69.8. The fourth-order valence-electron chi connectivity index (χ4n) is 1.71. The molecule has 0 unspecified atom stereocenters. The van der Waals surface area contributed by atoms with Crippen LogP contribution in [0.1, 0.15) is 6.92 Å². The molecule has 0 aliphatic carbocycles. The molecule has 1 fully saturated rings. The van der Waals surface area contributed by atoms with Gasteiger partial charge in [-0.25, -0.2) is 13.2 Å². The molecular weight excluding hydrogens is 257 g/mol. The van der Waals surface area contributed by atoms with Gasteiger partial charge in [-0.2, -0.15) is 8.78 Å². The molecule has 1 aliphatic rings. The number of ether oxygens (including phenoxy) is 1. The van der Waals surface area contributed by atoms with E-state index in [1.165, 1.54) is 0 Å². The molecule has 1 aliphatic heterocycles. The van der Waals surface area contributed by atoms with E-state index in [4.69, 9.17) is 4.74 Å². The molecule has 0 bridgehead atoms. The van der Waals surface area contributed by atoms with E-state index in [9.17, 15) is 22.0 Å². The minimum atomic E-state index is -2.18. The van der Waals surface area contributed by atoms with Crippen molar-refractivity contribution in [2.24, 2.45) is 0 Å². The van der Waals surface area contributed by atoms with Gasteiger partial charge in [-0.05, 0) is 6.54 Å². The summed E-state index contributed by atoms with van der Waals surface area (Å²) in [6.07, 6.45) is -0.557. The van der Waals surface area contributed by atoms with Crippen molar-refractivity contribution in [3.05, 3.63) is 29.1 Å². The van der Waals surface area contributed by atoms with Gasteiger partial charge in [0.2, 0.25) is 29.1 Å². The number of likely N-dealkylation sites (N-methyl/N-ethyl adjacent to an activating group) is 1. The lowest BCUT2D eigenvalue weighted by molar-refractivity contribution is 0.0175. The molecule has 1 saturated heterocycles. The zero-order valence-corrected chi connectivity index (χ0v) is 9.44. The van der Waals surface area contributed by atoms with Crippen molar-refractivity contribution < 1.29 is 26.7 Å². The minimum absolute atomic E-state index is 0.399. The molecule has 0 spiro atoms. The SMILES string of the molecule is CCN1CC(Oc2c(F)c(F)c(F)c(F)c2F)C1. The van der Waals surface area contributed by atoms with Crippen LogP contribution in [0.4, 0.5) is 22.0 Å². The van der Waals surface area contributed by atoms with Crippen molar-refractivity contribution >= 4 is 0 Å². The molecule has 0 radical (unpaired) electrons. The first-order valence-electron chi connectivity index (χ1n) is 5.36. The number of rotatable bonds is 3. The standard InChI is InChI=1S/C11H10F5NO/c1-2-17-3-5(4-17)18-11-9(15)7(13)6(12)8(14)10(11)16/h5H,2-4H2,1H3. The summed E-state index contributed by atoms with van der Waals surface area (Å²) in [4.78, 5) is 1.90. The Balaban J connectivity index is 2.23.